The maximum absolute atomic E-state index is 13.0. The van der Waals surface area contributed by atoms with Gasteiger partial charge in [0.25, 0.3) is 0 Å². The van der Waals surface area contributed by atoms with E-state index in [1.807, 2.05) is 5.38 Å². The number of sulfonamides is 1. The first-order chi connectivity index (χ1) is 12.8. The second kappa shape index (κ2) is 7.81. The van der Waals surface area contributed by atoms with E-state index in [1.54, 1.807) is 30.3 Å². The van der Waals surface area contributed by atoms with E-state index in [4.69, 9.17) is 0 Å². The average Bonchev–Trinajstić information content (AvgIpc) is 3.08. The zero-order valence-electron chi connectivity index (χ0n) is 14.2. The second-order valence-corrected chi connectivity index (χ2v) is 8.34. The van der Waals surface area contributed by atoms with Crippen LogP contribution in [-0.4, -0.2) is 25.4 Å². The fourth-order valence-electron chi connectivity index (χ4n) is 2.26. The fourth-order valence-corrected chi connectivity index (χ4v) is 3.62. The van der Waals surface area contributed by atoms with Crippen molar-refractivity contribution in [3.05, 3.63) is 77.1 Å². The Morgan fingerprint density at radius 2 is 1.78 bits per heavy atom. The van der Waals surface area contributed by atoms with Crippen LogP contribution in [0, 0.1) is 5.82 Å². The van der Waals surface area contributed by atoms with E-state index in [0.29, 0.717) is 16.9 Å². The van der Waals surface area contributed by atoms with Gasteiger partial charge in [-0.05, 0) is 60.7 Å². The second-order valence-electron chi connectivity index (χ2n) is 5.73. The molecule has 1 heterocycles. The Morgan fingerprint density at radius 1 is 1.11 bits per heavy atom. The zero-order chi connectivity index (χ0) is 19.4. The molecule has 1 aromatic heterocycles. The maximum Gasteiger partial charge on any atom is 0.229 e. The number of thiazole rings is 1. The summed E-state index contributed by atoms with van der Waals surface area (Å²) >= 11 is 1.40. The normalized spacial score (nSPS) is 11.6. The predicted molar refractivity (Wildman–Crippen MR) is 106 cm³/mol. The lowest BCUT2D eigenvalue weighted by Gasteiger charge is -2.03. The highest BCUT2D eigenvalue weighted by atomic mass is 32.2. The summed E-state index contributed by atoms with van der Waals surface area (Å²) in [5.74, 6) is -0.531. The Hall–Kier alpha value is -2.84. The third kappa shape index (κ3) is 5.32. The number of carbonyl (C=O) groups is 1. The topological polar surface area (TPSA) is 76.1 Å². The highest BCUT2D eigenvalue weighted by Crippen LogP contribution is 2.24. The van der Waals surface area contributed by atoms with E-state index >= 15 is 0 Å². The molecule has 1 N–H and O–H groups in total. The molecule has 0 radical (unpaired) electrons. The van der Waals surface area contributed by atoms with Gasteiger partial charge in [-0.25, -0.2) is 17.8 Å². The lowest BCUT2D eigenvalue weighted by atomic mass is 10.1. The van der Waals surface area contributed by atoms with Gasteiger partial charge >= 0.3 is 0 Å². The van der Waals surface area contributed by atoms with Gasteiger partial charge < -0.3 is 0 Å². The molecule has 3 rings (SSSR count). The van der Waals surface area contributed by atoms with E-state index < -0.39 is 10.0 Å². The summed E-state index contributed by atoms with van der Waals surface area (Å²) in [5.41, 5.74) is 2.25. The first-order valence-corrected chi connectivity index (χ1v) is 10.6. The van der Waals surface area contributed by atoms with Crippen LogP contribution in [0.2, 0.25) is 0 Å². The molecule has 3 aromatic rings. The van der Waals surface area contributed by atoms with Crippen LogP contribution in [0.5, 0.6) is 0 Å². The van der Waals surface area contributed by atoms with Gasteiger partial charge in [-0.1, -0.05) is 0 Å². The molecule has 0 saturated carbocycles. The van der Waals surface area contributed by atoms with Crippen LogP contribution in [0.15, 0.2) is 60.0 Å². The summed E-state index contributed by atoms with van der Waals surface area (Å²) in [5, 5.41) is 2.54. The predicted octanol–water partition coefficient (Wildman–Crippen LogP) is 4.22. The Morgan fingerprint density at radius 3 is 2.41 bits per heavy atom. The minimum Gasteiger partial charge on any atom is -0.289 e. The van der Waals surface area contributed by atoms with Gasteiger partial charge in [0.05, 0.1) is 11.9 Å². The standard InChI is InChI=1S/C19H15FN2O3S2/c1-27(24,25)22-16-8-4-13(5-9-16)18(23)11-10-17-12-26-19(21-17)14-2-6-15(20)7-3-14/h2-12,22H,1H3/b11-10+. The number of halogens is 1. The van der Waals surface area contributed by atoms with Crippen molar-refractivity contribution in [2.24, 2.45) is 0 Å². The third-order valence-electron chi connectivity index (χ3n) is 3.49. The number of hydrogen-bond acceptors (Lipinski definition) is 5. The number of benzene rings is 2. The Bertz CT molecular complexity index is 1090. The molecule has 27 heavy (non-hydrogen) atoms. The Balaban J connectivity index is 1.69. The van der Waals surface area contributed by atoms with Crippen LogP contribution in [0.4, 0.5) is 10.1 Å². The minimum atomic E-state index is -3.36. The van der Waals surface area contributed by atoms with Gasteiger partial charge in [0.2, 0.25) is 10.0 Å². The number of allylic oxidation sites excluding steroid dienone is 1. The maximum atomic E-state index is 13.0. The highest BCUT2D eigenvalue weighted by molar-refractivity contribution is 7.92. The van der Waals surface area contributed by atoms with Crippen molar-refractivity contribution < 1.29 is 17.6 Å². The fraction of sp³-hybridized carbons (Fsp3) is 0.0526. The van der Waals surface area contributed by atoms with Crippen molar-refractivity contribution in [2.45, 2.75) is 0 Å². The quantitative estimate of drug-likeness (QED) is 0.495. The largest absolute Gasteiger partial charge is 0.289 e. The molecule has 0 atom stereocenters. The van der Waals surface area contributed by atoms with Crippen LogP contribution in [0.25, 0.3) is 16.6 Å². The van der Waals surface area contributed by atoms with E-state index in [-0.39, 0.29) is 11.6 Å². The van der Waals surface area contributed by atoms with E-state index in [2.05, 4.69) is 9.71 Å². The van der Waals surface area contributed by atoms with E-state index in [0.717, 1.165) is 16.8 Å². The lowest BCUT2D eigenvalue weighted by molar-refractivity contribution is 0.104. The SMILES string of the molecule is CS(=O)(=O)Nc1ccc(C(=O)/C=C/c2csc(-c3ccc(F)cc3)n2)cc1. The molecule has 0 fully saturated rings. The third-order valence-corrected chi connectivity index (χ3v) is 5.01. The van der Waals surface area contributed by atoms with Crippen molar-refractivity contribution >= 4 is 38.9 Å². The molecule has 0 aliphatic carbocycles. The molecule has 0 aliphatic heterocycles. The van der Waals surface area contributed by atoms with Crippen molar-refractivity contribution in [1.29, 1.82) is 0 Å². The van der Waals surface area contributed by atoms with Gasteiger partial charge in [-0.15, -0.1) is 11.3 Å². The smallest absolute Gasteiger partial charge is 0.229 e. The van der Waals surface area contributed by atoms with E-state index in [9.17, 15) is 17.6 Å². The van der Waals surface area contributed by atoms with Crippen LogP contribution in [-0.2, 0) is 10.0 Å². The number of aromatic nitrogens is 1. The summed E-state index contributed by atoms with van der Waals surface area (Å²) in [6.07, 6.45) is 4.07. The lowest BCUT2D eigenvalue weighted by Crippen LogP contribution is -2.09. The molecular weight excluding hydrogens is 387 g/mol. The summed E-state index contributed by atoms with van der Waals surface area (Å²) in [6, 6.07) is 12.2. The summed E-state index contributed by atoms with van der Waals surface area (Å²) < 4.78 is 37.7. The number of carbonyl (C=O) groups excluding carboxylic acids is 1. The number of rotatable bonds is 6. The van der Waals surface area contributed by atoms with Crippen LogP contribution in [0.3, 0.4) is 0 Å². The van der Waals surface area contributed by atoms with Crippen LogP contribution in [0.1, 0.15) is 16.1 Å². The number of nitrogens with zero attached hydrogens (tertiary/aromatic N) is 1. The molecule has 0 bridgehead atoms. The number of anilines is 1. The summed E-state index contributed by atoms with van der Waals surface area (Å²) in [4.78, 5) is 16.6. The Kier molecular flexibility index (Phi) is 5.48. The average molecular weight is 402 g/mol. The molecule has 0 spiro atoms. The monoisotopic (exact) mass is 402 g/mol. The summed E-state index contributed by atoms with van der Waals surface area (Å²) in [6.45, 7) is 0. The number of ketones is 1. The van der Waals surface area contributed by atoms with Crippen molar-refractivity contribution in [2.75, 3.05) is 11.0 Å². The molecule has 0 amide bonds. The first kappa shape index (κ1) is 18.9. The molecule has 2 aromatic carbocycles. The number of hydrogen-bond donors (Lipinski definition) is 1. The van der Waals surface area contributed by atoms with Crippen LogP contribution >= 0.6 is 11.3 Å². The number of nitrogens with one attached hydrogen (secondary N) is 1. The van der Waals surface area contributed by atoms with Gasteiger partial charge in [-0.2, -0.15) is 0 Å². The molecule has 0 saturated heterocycles. The van der Waals surface area contributed by atoms with Crippen molar-refractivity contribution in [3.63, 3.8) is 0 Å². The van der Waals surface area contributed by atoms with Gasteiger partial charge in [-0.3, -0.25) is 9.52 Å². The summed E-state index contributed by atoms with van der Waals surface area (Å²) in [7, 11) is -3.36. The van der Waals surface area contributed by atoms with Gasteiger partial charge in [0.1, 0.15) is 10.8 Å². The minimum absolute atomic E-state index is 0.225. The molecule has 0 aliphatic rings. The zero-order valence-corrected chi connectivity index (χ0v) is 15.9. The van der Waals surface area contributed by atoms with E-state index in [1.165, 1.54) is 41.7 Å². The molecular formula is C19H15FN2O3S2. The molecule has 138 valence electrons. The van der Waals surface area contributed by atoms with Crippen molar-refractivity contribution in [3.8, 4) is 10.6 Å². The van der Waals surface area contributed by atoms with Gasteiger partial charge in [0.15, 0.2) is 5.78 Å². The van der Waals surface area contributed by atoms with Crippen LogP contribution < -0.4 is 4.72 Å². The molecule has 0 unspecified atom stereocenters. The Labute approximate surface area is 160 Å². The highest BCUT2D eigenvalue weighted by Gasteiger charge is 2.06. The van der Waals surface area contributed by atoms with Gasteiger partial charge in [0, 0.05) is 22.2 Å². The first-order valence-electron chi connectivity index (χ1n) is 7.82. The van der Waals surface area contributed by atoms with Crippen molar-refractivity contribution in [1.82, 2.24) is 4.98 Å². The molecule has 8 heteroatoms. The molecule has 5 nitrogen and oxygen atoms in total.